The monoisotopic (exact) mass is 236 g/mol. The predicted octanol–water partition coefficient (Wildman–Crippen LogP) is 0.0760. The van der Waals surface area contributed by atoms with E-state index in [4.69, 9.17) is 5.11 Å². The zero-order chi connectivity index (χ0) is 11.5. The van der Waals surface area contributed by atoms with Gasteiger partial charge in [0.1, 0.15) is 0 Å². The molecule has 0 aromatic rings. The molecule has 0 aromatic heterocycles. The summed E-state index contributed by atoms with van der Waals surface area (Å²) in [5, 5.41) is 9.13. The van der Waals surface area contributed by atoms with Gasteiger partial charge in [0.2, 0.25) is 0 Å². The predicted molar refractivity (Wildman–Crippen MR) is 58.6 cm³/mol. The summed E-state index contributed by atoms with van der Waals surface area (Å²) in [5.41, 5.74) is 0. The number of nitrogens with zero attached hydrogens (tertiary/aromatic N) is 1. The van der Waals surface area contributed by atoms with Gasteiger partial charge in [0, 0.05) is 18.6 Å². The van der Waals surface area contributed by atoms with E-state index in [9.17, 15) is 8.42 Å². The molecule has 1 heterocycles. The van der Waals surface area contributed by atoms with Crippen molar-refractivity contribution in [1.29, 1.82) is 0 Å². The molecule has 5 nitrogen and oxygen atoms in total. The molecule has 1 rings (SSSR count). The number of aliphatic hydroxyl groups excluding tert-OH is 1. The van der Waals surface area contributed by atoms with Gasteiger partial charge in [0.05, 0.1) is 6.61 Å². The number of rotatable bonds is 4. The van der Waals surface area contributed by atoms with E-state index in [1.54, 1.807) is 13.8 Å². The molecule has 90 valence electrons. The van der Waals surface area contributed by atoms with Crippen LogP contribution in [0.1, 0.15) is 33.1 Å². The molecule has 1 unspecified atom stereocenters. The van der Waals surface area contributed by atoms with Crippen LogP contribution in [0.5, 0.6) is 0 Å². The van der Waals surface area contributed by atoms with E-state index in [0.717, 1.165) is 19.3 Å². The minimum atomic E-state index is -3.42. The molecule has 0 aliphatic carbocycles. The molecule has 0 spiro atoms. The average Bonchev–Trinajstić information content (AvgIpc) is 2.16. The van der Waals surface area contributed by atoms with Crippen molar-refractivity contribution in [2.45, 2.75) is 45.2 Å². The first-order valence-corrected chi connectivity index (χ1v) is 6.81. The first kappa shape index (κ1) is 12.9. The number of hydrogen-bond acceptors (Lipinski definition) is 3. The Morgan fingerprint density at radius 2 is 2.13 bits per heavy atom. The quantitative estimate of drug-likeness (QED) is 0.726. The van der Waals surface area contributed by atoms with E-state index < -0.39 is 10.2 Å². The van der Waals surface area contributed by atoms with Gasteiger partial charge < -0.3 is 5.11 Å². The fraction of sp³-hybridized carbons (Fsp3) is 1.00. The molecule has 1 aliphatic heterocycles. The maximum atomic E-state index is 11.9. The minimum absolute atomic E-state index is 0.0982. The van der Waals surface area contributed by atoms with Crippen molar-refractivity contribution in [3.8, 4) is 0 Å². The van der Waals surface area contributed by atoms with Crippen LogP contribution in [0.15, 0.2) is 0 Å². The largest absolute Gasteiger partial charge is 0.395 e. The standard InChI is InChI=1S/C9H20N2O3S/c1-8(2)10-15(13,14)11-6-4-3-5-9(11)7-12/h8-10,12H,3-7H2,1-2H3. The molecule has 1 aliphatic rings. The molecule has 15 heavy (non-hydrogen) atoms. The summed E-state index contributed by atoms with van der Waals surface area (Å²) in [5.74, 6) is 0. The second-order valence-corrected chi connectivity index (χ2v) is 5.88. The van der Waals surface area contributed by atoms with Crippen LogP contribution >= 0.6 is 0 Å². The third kappa shape index (κ3) is 3.41. The van der Waals surface area contributed by atoms with Gasteiger partial charge in [0.15, 0.2) is 0 Å². The highest BCUT2D eigenvalue weighted by atomic mass is 32.2. The molecule has 6 heteroatoms. The van der Waals surface area contributed by atoms with Crippen molar-refractivity contribution >= 4 is 10.2 Å². The smallest absolute Gasteiger partial charge is 0.280 e. The van der Waals surface area contributed by atoms with E-state index in [1.165, 1.54) is 4.31 Å². The van der Waals surface area contributed by atoms with E-state index in [1.807, 2.05) is 0 Å². The summed E-state index contributed by atoms with van der Waals surface area (Å²) >= 11 is 0. The summed E-state index contributed by atoms with van der Waals surface area (Å²) in [7, 11) is -3.42. The molecule has 0 radical (unpaired) electrons. The average molecular weight is 236 g/mol. The van der Waals surface area contributed by atoms with Gasteiger partial charge in [-0.2, -0.15) is 17.4 Å². The fourth-order valence-electron chi connectivity index (χ4n) is 1.84. The highest BCUT2D eigenvalue weighted by Gasteiger charge is 2.31. The Morgan fingerprint density at radius 1 is 1.47 bits per heavy atom. The van der Waals surface area contributed by atoms with Gasteiger partial charge in [0.25, 0.3) is 10.2 Å². The van der Waals surface area contributed by atoms with Crippen molar-refractivity contribution < 1.29 is 13.5 Å². The molecule has 1 fully saturated rings. The van der Waals surface area contributed by atoms with Crippen LogP contribution in [0.4, 0.5) is 0 Å². The van der Waals surface area contributed by atoms with E-state index in [0.29, 0.717) is 6.54 Å². The zero-order valence-corrected chi connectivity index (χ0v) is 10.1. The lowest BCUT2D eigenvalue weighted by molar-refractivity contribution is 0.153. The molecular weight excluding hydrogens is 216 g/mol. The summed E-state index contributed by atoms with van der Waals surface area (Å²) in [6, 6.07) is -0.369. The van der Waals surface area contributed by atoms with Gasteiger partial charge in [-0.25, -0.2) is 0 Å². The van der Waals surface area contributed by atoms with Crippen molar-refractivity contribution in [3.05, 3.63) is 0 Å². The molecule has 0 saturated carbocycles. The molecule has 0 amide bonds. The Labute approximate surface area is 91.7 Å². The van der Waals surface area contributed by atoms with Crippen LogP contribution in [0.3, 0.4) is 0 Å². The lowest BCUT2D eigenvalue weighted by Gasteiger charge is -2.33. The first-order valence-electron chi connectivity index (χ1n) is 5.37. The number of nitrogens with one attached hydrogen (secondary N) is 1. The minimum Gasteiger partial charge on any atom is -0.395 e. The maximum Gasteiger partial charge on any atom is 0.280 e. The van der Waals surface area contributed by atoms with Crippen LogP contribution < -0.4 is 4.72 Å². The lowest BCUT2D eigenvalue weighted by atomic mass is 10.1. The van der Waals surface area contributed by atoms with Crippen LogP contribution in [0, 0.1) is 0 Å². The number of hydrogen-bond donors (Lipinski definition) is 2. The van der Waals surface area contributed by atoms with E-state index in [2.05, 4.69) is 4.72 Å². The summed E-state index contributed by atoms with van der Waals surface area (Å²) in [4.78, 5) is 0. The molecule has 2 N–H and O–H groups in total. The lowest BCUT2D eigenvalue weighted by Crippen LogP contribution is -2.51. The van der Waals surface area contributed by atoms with Crippen molar-refractivity contribution in [1.82, 2.24) is 9.03 Å². The SMILES string of the molecule is CC(C)NS(=O)(=O)N1CCCCC1CO. The fourth-order valence-corrected chi connectivity index (χ4v) is 3.50. The van der Waals surface area contributed by atoms with Crippen molar-refractivity contribution in [3.63, 3.8) is 0 Å². The molecule has 0 aromatic carbocycles. The Hall–Kier alpha value is -0.170. The Bertz CT molecular complexity index is 290. The van der Waals surface area contributed by atoms with Gasteiger partial charge in [-0.05, 0) is 26.7 Å². The van der Waals surface area contributed by atoms with Crippen molar-refractivity contribution in [2.24, 2.45) is 0 Å². The topological polar surface area (TPSA) is 69.6 Å². The van der Waals surface area contributed by atoms with Crippen LogP contribution in [-0.2, 0) is 10.2 Å². The molecular formula is C9H20N2O3S. The third-order valence-electron chi connectivity index (χ3n) is 2.48. The Balaban J connectivity index is 2.74. The maximum absolute atomic E-state index is 11.9. The molecule has 1 saturated heterocycles. The summed E-state index contributed by atoms with van der Waals surface area (Å²) in [6.07, 6.45) is 2.60. The van der Waals surface area contributed by atoms with Gasteiger partial charge >= 0.3 is 0 Å². The van der Waals surface area contributed by atoms with Crippen molar-refractivity contribution in [2.75, 3.05) is 13.2 Å². The van der Waals surface area contributed by atoms with E-state index in [-0.39, 0.29) is 18.7 Å². The Kier molecular flexibility index (Phi) is 4.51. The van der Waals surface area contributed by atoms with Gasteiger partial charge in [-0.15, -0.1) is 0 Å². The summed E-state index contributed by atoms with van der Waals surface area (Å²) < 4.78 is 27.7. The number of aliphatic hydroxyl groups is 1. The van der Waals surface area contributed by atoms with Gasteiger partial charge in [-0.1, -0.05) is 6.42 Å². The first-order chi connectivity index (χ1) is 6.97. The Morgan fingerprint density at radius 3 is 2.67 bits per heavy atom. The summed E-state index contributed by atoms with van der Waals surface area (Å²) in [6.45, 7) is 3.98. The second-order valence-electron chi connectivity index (χ2n) is 4.22. The van der Waals surface area contributed by atoms with Crippen LogP contribution in [-0.4, -0.2) is 43.1 Å². The van der Waals surface area contributed by atoms with E-state index >= 15 is 0 Å². The molecule has 1 atom stereocenters. The second kappa shape index (κ2) is 5.25. The molecule has 0 bridgehead atoms. The van der Waals surface area contributed by atoms with Gasteiger partial charge in [-0.3, -0.25) is 0 Å². The highest BCUT2D eigenvalue weighted by molar-refractivity contribution is 7.87. The normalized spacial score (nSPS) is 24.7. The van der Waals surface area contributed by atoms with Crippen LogP contribution in [0.25, 0.3) is 0 Å². The highest BCUT2D eigenvalue weighted by Crippen LogP contribution is 2.19. The third-order valence-corrected chi connectivity index (χ3v) is 4.34. The number of piperidine rings is 1. The van der Waals surface area contributed by atoms with Crippen LogP contribution in [0.2, 0.25) is 0 Å². The zero-order valence-electron chi connectivity index (χ0n) is 9.31.